The van der Waals surface area contributed by atoms with Crippen molar-refractivity contribution in [2.45, 2.75) is 19.7 Å². The molecule has 0 aliphatic carbocycles. The summed E-state index contributed by atoms with van der Waals surface area (Å²) in [6.45, 7) is -2.09. The first kappa shape index (κ1) is 17.6. The standard InChI is InChI=1S/C19H17F2N3O2/c20-19(21)26-17-8-4-3-7-16(17)18(25)23-11-14-5-1-2-6-15(14)12-24-10-9-22-13-24/h1-10,13,19H,11-12H2,(H,23,25). The van der Waals surface area contributed by atoms with Crippen LogP contribution in [0.3, 0.4) is 0 Å². The van der Waals surface area contributed by atoms with Crippen molar-refractivity contribution >= 4 is 5.91 Å². The molecule has 2 aromatic carbocycles. The van der Waals surface area contributed by atoms with Gasteiger partial charge in [0.2, 0.25) is 0 Å². The van der Waals surface area contributed by atoms with Crippen molar-refractivity contribution in [1.82, 2.24) is 14.9 Å². The third-order valence-electron chi connectivity index (χ3n) is 3.82. The zero-order valence-corrected chi connectivity index (χ0v) is 13.8. The highest BCUT2D eigenvalue weighted by molar-refractivity contribution is 5.96. The van der Waals surface area contributed by atoms with Crippen molar-refractivity contribution in [2.24, 2.45) is 0 Å². The Morgan fingerprint density at radius 3 is 2.58 bits per heavy atom. The van der Waals surface area contributed by atoms with Crippen LogP contribution in [-0.2, 0) is 13.1 Å². The molecular weight excluding hydrogens is 340 g/mol. The number of ether oxygens (including phenoxy) is 1. The van der Waals surface area contributed by atoms with E-state index in [2.05, 4.69) is 15.0 Å². The molecule has 0 radical (unpaired) electrons. The van der Waals surface area contributed by atoms with Crippen LogP contribution in [-0.4, -0.2) is 22.1 Å². The first-order chi connectivity index (χ1) is 12.6. The second-order valence-corrected chi connectivity index (χ2v) is 5.56. The Morgan fingerprint density at radius 1 is 1.12 bits per heavy atom. The summed E-state index contributed by atoms with van der Waals surface area (Å²) >= 11 is 0. The Morgan fingerprint density at radius 2 is 1.85 bits per heavy atom. The number of halogens is 2. The van der Waals surface area contributed by atoms with E-state index in [0.717, 1.165) is 11.1 Å². The molecule has 1 amide bonds. The topological polar surface area (TPSA) is 56.2 Å². The SMILES string of the molecule is O=C(NCc1ccccc1Cn1ccnc1)c1ccccc1OC(F)F. The average molecular weight is 357 g/mol. The molecule has 3 aromatic rings. The number of hydrogen-bond acceptors (Lipinski definition) is 3. The molecular formula is C19H17F2N3O2. The van der Waals surface area contributed by atoms with Gasteiger partial charge in [0.25, 0.3) is 5.91 Å². The minimum atomic E-state index is -2.99. The monoisotopic (exact) mass is 357 g/mol. The van der Waals surface area contributed by atoms with Crippen molar-refractivity contribution in [2.75, 3.05) is 0 Å². The fourth-order valence-corrected chi connectivity index (χ4v) is 2.58. The van der Waals surface area contributed by atoms with Gasteiger partial charge >= 0.3 is 6.61 Å². The van der Waals surface area contributed by atoms with E-state index in [-0.39, 0.29) is 17.9 Å². The summed E-state index contributed by atoms with van der Waals surface area (Å²) < 4.78 is 31.3. The Bertz CT molecular complexity index is 867. The van der Waals surface area contributed by atoms with Gasteiger partial charge in [0, 0.05) is 25.5 Å². The van der Waals surface area contributed by atoms with Crippen molar-refractivity contribution in [3.05, 3.63) is 83.9 Å². The molecule has 1 aromatic heterocycles. The molecule has 1 heterocycles. The van der Waals surface area contributed by atoms with E-state index in [0.29, 0.717) is 6.54 Å². The lowest BCUT2D eigenvalue weighted by atomic mass is 10.1. The van der Waals surface area contributed by atoms with Crippen molar-refractivity contribution < 1.29 is 18.3 Å². The number of amides is 1. The molecule has 0 saturated heterocycles. The number of para-hydroxylation sites is 1. The lowest BCUT2D eigenvalue weighted by molar-refractivity contribution is -0.0501. The summed E-state index contributed by atoms with van der Waals surface area (Å²) in [5.74, 6) is -0.620. The highest BCUT2D eigenvalue weighted by atomic mass is 19.3. The van der Waals surface area contributed by atoms with Crippen LogP contribution in [0.25, 0.3) is 0 Å². The van der Waals surface area contributed by atoms with Gasteiger partial charge in [0.1, 0.15) is 5.75 Å². The Labute approximate surface area is 149 Å². The normalized spacial score (nSPS) is 10.7. The minimum Gasteiger partial charge on any atom is -0.434 e. The first-order valence-electron chi connectivity index (χ1n) is 7.98. The lowest BCUT2D eigenvalue weighted by Crippen LogP contribution is -2.24. The second-order valence-electron chi connectivity index (χ2n) is 5.56. The molecule has 0 aliphatic heterocycles. The number of rotatable bonds is 7. The van der Waals surface area contributed by atoms with Crippen molar-refractivity contribution in [1.29, 1.82) is 0 Å². The van der Waals surface area contributed by atoms with Crippen LogP contribution in [0.15, 0.2) is 67.3 Å². The van der Waals surface area contributed by atoms with Crippen LogP contribution in [0, 0.1) is 0 Å². The smallest absolute Gasteiger partial charge is 0.387 e. The van der Waals surface area contributed by atoms with Gasteiger partial charge in [-0.15, -0.1) is 0 Å². The lowest BCUT2D eigenvalue weighted by Gasteiger charge is -2.13. The maximum atomic E-state index is 12.5. The van der Waals surface area contributed by atoms with Crippen molar-refractivity contribution in [3.63, 3.8) is 0 Å². The molecule has 26 heavy (non-hydrogen) atoms. The number of benzene rings is 2. The molecule has 0 spiro atoms. The van der Waals surface area contributed by atoms with Gasteiger partial charge in [-0.1, -0.05) is 36.4 Å². The highest BCUT2D eigenvalue weighted by Gasteiger charge is 2.15. The molecule has 5 nitrogen and oxygen atoms in total. The van der Waals surface area contributed by atoms with Crippen LogP contribution in [0.2, 0.25) is 0 Å². The van der Waals surface area contributed by atoms with Gasteiger partial charge in [-0.25, -0.2) is 4.98 Å². The maximum Gasteiger partial charge on any atom is 0.387 e. The van der Waals surface area contributed by atoms with Crippen LogP contribution in [0.1, 0.15) is 21.5 Å². The van der Waals surface area contributed by atoms with Crippen molar-refractivity contribution in [3.8, 4) is 5.75 Å². The third kappa shape index (κ3) is 4.44. The van der Waals surface area contributed by atoms with E-state index < -0.39 is 12.5 Å². The number of carbonyl (C=O) groups excluding carboxylic acids is 1. The summed E-state index contributed by atoms with van der Waals surface area (Å²) in [6, 6.07) is 13.6. The number of nitrogens with one attached hydrogen (secondary N) is 1. The zero-order valence-electron chi connectivity index (χ0n) is 13.8. The molecule has 0 atom stereocenters. The number of alkyl halides is 2. The Balaban J connectivity index is 1.71. The minimum absolute atomic E-state index is 0.0693. The molecule has 1 N–H and O–H groups in total. The zero-order chi connectivity index (χ0) is 18.4. The summed E-state index contributed by atoms with van der Waals surface area (Å²) in [7, 11) is 0. The number of hydrogen-bond donors (Lipinski definition) is 1. The molecule has 134 valence electrons. The van der Waals surface area contributed by atoms with Crippen LogP contribution < -0.4 is 10.1 Å². The molecule has 0 aliphatic rings. The van der Waals surface area contributed by atoms with E-state index >= 15 is 0 Å². The number of carbonyl (C=O) groups is 1. The van der Waals surface area contributed by atoms with Gasteiger partial charge < -0.3 is 14.6 Å². The molecule has 0 bridgehead atoms. The van der Waals surface area contributed by atoms with E-state index in [1.807, 2.05) is 35.0 Å². The largest absolute Gasteiger partial charge is 0.434 e. The van der Waals surface area contributed by atoms with E-state index in [1.54, 1.807) is 18.6 Å². The van der Waals surface area contributed by atoms with Gasteiger partial charge in [-0.3, -0.25) is 4.79 Å². The van der Waals surface area contributed by atoms with Crippen LogP contribution in [0.4, 0.5) is 8.78 Å². The number of nitrogens with zero attached hydrogens (tertiary/aromatic N) is 2. The number of aromatic nitrogens is 2. The van der Waals surface area contributed by atoms with E-state index in [1.165, 1.54) is 18.2 Å². The van der Waals surface area contributed by atoms with Gasteiger partial charge in [-0.2, -0.15) is 8.78 Å². The maximum absolute atomic E-state index is 12.5. The molecule has 3 rings (SSSR count). The fraction of sp³-hybridized carbons (Fsp3) is 0.158. The first-order valence-corrected chi connectivity index (χ1v) is 7.98. The van der Waals surface area contributed by atoms with Gasteiger partial charge in [0.15, 0.2) is 0 Å². The van der Waals surface area contributed by atoms with Crippen LogP contribution >= 0.6 is 0 Å². The molecule has 0 fully saturated rings. The summed E-state index contributed by atoms with van der Waals surface area (Å²) in [5.41, 5.74) is 2.03. The third-order valence-corrected chi connectivity index (χ3v) is 3.82. The second kappa shape index (κ2) is 8.24. The summed E-state index contributed by atoms with van der Waals surface area (Å²) in [6.07, 6.45) is 5.27. The quantitative estimate of drug-likeness (QED) is 0.705. The van der Waals surface area contributed by atoms with Gasteiger partial charge in [-0.05, 0) is 23.3 Å². The molecule has 0 unspecified atom stereocenters. The highest BCUT2D eigenvalue weighted by Crippen LogP contribution is 2.20. The van der Waals surface area contributed by atoms with Crippen LogP contribution in [0.5, 0.6) is 5.75 Å². The van der Waals surface area contributed by atoms with E-state index in [9.17, 15) is 13.6 Å². The Hall–Kier alpha value is -3.22. The predicted octanol–water partition coefficient (Wildman–Crippen LogP) is 3.46. The molecule has 0 saturated carbocycles. The summed E-state index contributed by atoms with van der Waals surface area (Å²) in [4.78, 5) is 16.4. The van der Waals surface area contributed by atoms with E-state index in [4.69, 9.17) is 0 Å². The van der Waals surface area contributed by atoms with Gasteiger partial charge in [0.05, 0.1) is 11.9 Å². The summed E-state index contributed by atoms with van der Waals surface area (Å²) in [5, 5.41) is 2.76. The average Bonchev–Trinajstić information content (AvgIpc) is 3.14. The molecule has 7 heteroatoms. The number of imidazole rings is 1. The Kier molecular flexibility index (Phi) is 5.58. The predicted molar refractivity (Wildman–Crippen MR) is 92.0 cm³/mol. The fourth-order valence-electron chi connectivity index (χ4n) is 2.58.